The van der Waals surface area contributed by atoms with Gasteiger partial charge in [0.25, 0.3) is 5.91 Å². The fourth-order valence-corrected chi connectivity index (χ4v) is 4.83. The lowest BCUT2D eigenvalue weighted by atomic mass is 9.71. The molecule has 8 nitrogen and oxygen atoms in total. The average molecular weight is 392 g/mol. The van der Waals surface area contributed by atoms with E-state index < -0.39 is 0 Å². The number of nitrogens with zero attached hydrogens (tertiary/aromatic N) is 6. The van der Waals surface area contributed by atoms with Gasteiger partial charge in [-0.3, -0.25) is 9.69 Å². The van der Waals surface area contributed by atoms with Crippen molar-refractivity contribution in [1.82, 2.24) is 29.5 Å². The number of carbonyl (C=O) groups is 1. The second-order valence-corrected chi connectivity index (χ2v) is 8.30. The number of likely N-dealkylation sites (tertiary alicyclic amines) is 2. The van der Waals surface area contributed by atoms with Crippen LogP contribution in [-0.4, -0.2) is 61.6 Å². The molecular weight excluding hydrogens is 368 g/mol. The van der Waals surface area contributed by atoms with Gasteiger partial charge in [-0.15, -0.1) is 10.2 Å². The maximum absolute atomic E-state index is 12.8. The summed E-state index contributed by atoms with van der Waals surface area (Å²) in [5.41, 5.74) is 1.92. The third kappa shape index (κ3) is 3.04. The van der Waals surface area contributed by atoms with Gasteiger partial charge in [0, 0.05) is 51.1 Å². The van der Waals surface area contributed by atoms with Crippen LogP contribution >= 0.6 is 0 Å². The average Bonchev–Trinajstić information content (AvgIpc) is 3.39. The number of benzene rings is 1. The zero-order valence-electron chi connectivity index (χ0n) is 16.7. The first-order valence-electron chi connectivity index (χ1n) is 9.85. The van der Waals surface area contributed by atoms with Gasteiger partial charge in [-0.1, -0.05) is 30.3 Å². The minimum absolute atomic E-state index is 0.0147. The van der Waals surface area contributed by atoms with Crippen molar-refractivity contribution >= 4 is 5.91 Å². The summed E-state index contributed by atoms with van der Waals surface area (Å²) in [5.74, 6) is 1.49. The van der Waals surface area contributed by atoms with Gasteiger partial charge in [0.15, 0.2) is 6.39 Å². The first-order chi connectivity index (χ1) is 14.1. The summed E-state index contributed by atoms with van der Waals surface area (Å²) >= 11 is 0. The summed E-state index contributed by atoms with van der Waals surface area (Å²) in [6.45, 7) is 5.91. The highest BCUT2D eigenvalue weighted by Gasteiger charge is 2.57. The molecule has 0 N–H and O–H groups in total. The van der Waals surface area contributed by atoms with Crippen LogP contribution in [0.5, 0.6) is 0 Å². The number of carbonyl (C=O) groups excluding carboxylic acids is 1. The highest BCUT2D eigenvalue weighted by atomic mass is 16.3. The van der Waals surface area contributed by atoms with Crippen molar-refractivity contribution in [3.63, 3.8) is 0 Å². The van der Waals surface area contributed by atoms with Crippen molar-refractivity contribution in [2.75, 3.05) is 26.2 Å². The number of hydrogen-bond acceptors (Lipinski definition) is 6. The van der Waals surface area contributed by atoms with Crippen LogP contribution in [0.15, 0.2) is 47.5 Å². The molecule has 2 aliphatic heterocycles. The van der Waals surface area contributed by atoms with E-state index in [1.165, 1.54) is 12.0 Å². The molecule has 1 amide bonds. The van der Waals surface area contributed by atoms with Gasteiger partial charge in [-0.05, 0) is 12.5 Å². The van der Waals surface area contributed by atoms with Gasteiger partial charge in [0.1, 0.15) is 12.2 Å². The first-order valence-corrected chi connectivity index (χ1v) is 9.85. The highest BCUT2D eigenvalue weighted by Crippen LogP contribution is 2.49. The predicted octanol–water partition coefficient (Wildman–Crippen LogP) is 1.85. The summed E-state index contributed by atoms with van der Waals surface area (Å²) in [4.78, 5) is 21.2. The fraction of sp³-hybridized carbons (Fsp3) is 0.429. The SMILES string of the molecule is Cc1ncoc1C(=O)N1CC2(CN(Cc3ccccc3)CC2c2nncn2C)C1. The lowest BCUT2D eigenvalue weighted by Gasteiger charge is -2.50. The number of rotatable bonds is 4. The van der Waals surface area contributed by atoms with E-state index in [-0.39, 0.29) is 17.2 Å². The summed E-state index contributed by atoms with van der Waals surface area (Å²) < 4.78 is 7.32. The number of oxazole rings is 1. The Morgan fingerprint density at radius 1 is 1.24 bits per heavy atom. The fourth-order valence-electron chi connectivity index (χ4n) is 4.83. The Labute approximate surface area is 169 Å². The Morgan fingerprint density at radius 3 is 2.69 bits per heavy atom. The van der Waals surface area contributed by atoms with Crippen molar-refractivity contribution in [2.45, 2.75) is 19.4 Å². The largest absolute Gasteiger partial charge is 0.438 e. The molecule has 2 aromatic heterocycles. The third-order valence-electron chi connectivity index (χ3n) is 6.26. The zero-order valence-corrected chi connectivity index (χ0v) is 16.7. The Kier molecular flexibility index (Phi) is 4.24. The summed E-state index contributed by atoms with van der Waals surface area (Å²) in [5, 5.41) is 8.50. The topological polar surface area (TPSA) is 80.3 Å². The summed E-state index contributed by atoms with van der Waals surface area (Å²) in [6, 6.07) is 10.5. The number of hydrogen-bond donors (Lipinski definition) is 0. The summed E-state index contributed by atoms with van der Waals surface area (Å²) in [6.07, 6.45) is 3.08. The van der Waals surface area contributed by atoms with E-state index in [0.717, 1.165) is 25.5 Å². The maximum Gasteiger partial charge on any atom is 0.291 e. The molecule has 5 rings (SSSR count). The molecule has 4 heterocycles. The molecular formula is C21H24N6O2. The molecule has 150 valence electrons. The summed E-state index contributed by atoms with van der Waals surface area (Å²) in [7, 11) is 1.99. The van der Waals surface area contributed by atoms with Crippen molar-refractivity contribution < 1.29 is 9.21 Å². The molecule has 0 saturated carbocycles. The Morgan fingerprint density at radius 2 is 2.03 bits per heavy atom. The van der Waals surface area contributed by atoms with E-state index in [2.05, 4.69) is 44.3 Å². The molecule has 29 heavy (non-hydrogen) atoms. The Hall–Kier alpha value is -3.00. The molecule has 2 fully saturated rings. The van der Waals surface area contributed by atoms with Crippen LogP contribution in [0.1, 0.15) is 33.6 Å². The van der Waals surface area contributed by atoms with E-state index >= 15 is 0 Å². The minimum Gasteiger partial charge on any atom is -0.438 e. The molecule has 1 aromatic carbocycles. The highest BCUT2D eigenvalue weighted by molar-refractivity contribution is 5.93. The first kappa shape index (κ1) is 18.1. The number of aryl methyl sites for hydroxylation is 2. The van der Waals surface area contributed by atoms with Crippen molar-refractivity contribution in [3.8, 4) is 0 Å². The molecule has 0 bridgehead atoms. The van der Waals surface area contributed by atoms with Gasteiger partial charge < -0.3 is 13.9 Å². The molecule has 0 radical (unpaired) electrons. The molecule has 2 aliphatic rings. The van der Waals surface area contributed by atoms with Gasteiger partial charge in [-0.2, -0.15) is 0 Å². The smallest absolute Gasteiger partial charge is 0.291 e. The lowest BCUT2D eigenvalue weighted by molar-refractivity contribution is -0.000826. The van der Waals surface area contributed by atoms with Gasteiger partial charge >= 0.3 is 0 Å². The van der Waals surface area contributed by atoms with Crippen LogP contribution in [0.2, 0.25) is 0 Å². The van der Waals surface area contributed by atoms with E-state index in [9.17, 15) is 4.79 Å². The second-order valence-electron chi connectivity index (χ2n) is 8.30. The van der Waals surface area contributed by atoms with E-state index in [1.807, 2.05) is 22.6 Å². The van der Waals surface area contributed by atoms with E-state index in [1.54, 1.807) is 13.3 Å². The molecule has 3 aromatic rings. The molecule has 1 atom stereocenters. The van der Waals surface area contributed by atoms with Crippen molar-refractivity contribution in [2.24, 2.45) is 12.5 Å². The molecule has 8 heteroatoms. The minimum atomic E-state index is -0.0798. The zero-order chi connectivity index (χ0) is 20.0. The molecule has 1 spiro atoms. The number of aromatic nitrogens is 4. The van der Waals surface area contributed by atoms with Gasteiger partial charge in [-0.25, -0.2) is 4.98 Å². The van der Waals surface area contributed by atoms with Crippen LogP contribution in [-0.2, 0) is 13.6 Å². The Bertz CT molecular complexity index is 1020. The van der Waals surface area contributed by atoms with Crippen LogP contribution in [0, 0.1) is 12.3 Å². The van der Waals surface area contributed by atoms with Crippen LogP contribution < -0.4 is 0 Å². The van der Waals surface area contributed by atoms with Crippen LogP contribution in [0.25, 0.3) is 0 Å². The predicted molar refractivity (Wildman–Crippen MR) is 105 cm³/mol. The Balaban J connectivity index is 1.37. The van der Waals surface area contributed by atoms with E-state index in [0.29, 0.717) is 24.5 Å². The maximum atomic E-state index is 12.8. The molecule has 0 aliphatic carbocycles. The molecule has 2 saturated heterocycles. The number of amides is 1. The lowest BCUT2D eigenvalue weighted by Crippen LogP contribution is -2.61. The standard InChI is InChI=1S/C21H24N6O2/c1-15-18(29-14-22-15)20(28)27-11-21(12-27)10-26(8-16-6-4-3-5-7-16)9-17(21)19-24-23-13-25(19)2/h3-7,13-14,17H,8-12H2,1-2H3. The van der Waals surface area contributed by atoms with Crippen molar-refractivity contribution in [1.29, 1.82) is 0 Å². The van der Waals surface area contributed by atoms with Gasteiger partial charge in [0.2, 0.25) is 5.76 Å². The van der Waals surface area contributed by atoms with Gasteiger partial charge in [0.05, 0.1) is 5.69 Å². The molecule has 1 unspecified atom stereocenters. The monoisotopic (exact) mass is 392 g/mol. The second kappa shape index (κ2) is 6.81. The van der Waals surface area contributed by atoms with Crippen molar-refractivity contribution in [3.05, 3.63) is 65.9 Å². The normalized spacial score (nSPS) is 20.9. The van der Waals surface area contributed by atoms with Crippen LogP contribution in [0.4, 0.5) is 0 Å². The van der Waals surface area contributed by atoms with Crippen LogP contribution in [0.3, 0.4) is 0 Å². The van der Waals surface area contributed by atoms with E-state index in [4.69, 9.17) is 4.42 Å². The quantitative estimate of drug-likeness (QED) is 0.674. The third-order valence-corrected chi connectivity index (χ3v) is 6.26.